The number of carbonyl (C=O) groups is 2. The number of nitrogens with zero attached hydrogens (tertiary/aromatic N) is 2. The van der Waals surface area contributed by atoms with Gasteiger partial charge in [-0.05, 0) is 0 Å². The molecule has 0 spiro atoms. The van der Waals surface area contributed by atoms with Crippen molar-refractivity contribution >= 4 is 17.9 Å². The van der Waals surface area contributed by atoms with E-state index in [1.165, 1.54) is 7.11 Å². The van der Waals surface area contributed by atoms with E-state index in [0.717, 1.165) is 0 Å². The van der Waals surface area contributed by atoms with Crippen LogP contribution >= 0.6 is 0 Å². The van der Waals surface area contributed by atoms with Gasteiger partial charge in [0.15, 0.2) is 0 Å². The van der Waals surface area contributed by atoms with Crippen molar-refractivity contribution in [2.45, 2.75) is 35.1 Å². The van der Waals surface area contributed by atoms with Gasteiger partial charge in [0.05, 0.1) is 39.0 Å². The van der Waals surface area contributed by atoms with E-state index in [1.807, 2.05) is 0 Å². The van der Waals surface area contributed by atoms with Crippen LogP contribution in [0.4, 0.5) is 23.0 Å². The van der Waals surface area contributed by atoms with Gasteiger partial charge in [-0.1, -0.05) is 22.3 Å². The first-order chi connectivity index (χ1) is 8.66. The number of carboxylic acids is 1. The maximum absolute atomic E-state index is 10.6. The quantitative estimate of drug-likeness (QED) is 0.391. The van der Waals surface area contributed by atoms with Gasteiger partial charge in [-0.15, -0.1) is 0 Å². The molecule has 1 radical (unpaired) electrons. The molecule has 0 unspecified atom stereocenters. The molecule has 23 heavy (non-hydrogen) atoms. The van der Waals surface area contributed by atoms with Crippen LogP contribution in [-0.4, -0.2) is 43.3 Å². The van der Waals surface area contributed by atoms with Gasteiger partial charge in [-0.2, -0.15) is 0 Å². The van der Waals surface area contributed by atoms with Crippen LogP contribution in [0.2, 0.25) is 0 Å². The number of carboxylic acid groups (broad SMARTS) is 1. The van der Waals surface area contributed by atoms with E-state index >= 15 is 0 Å². The van der Waals surface area contributed by atoms with Crippen LogP contribution < -0.4 is 0 Å². The van der Waals surface area contributed by atoms with Gasteiger partial charge in [0.2, 0.25) is 0 Å². The number of esters is 1. The normalized spacial score (nSPS) is 5.78. The second-order valence-corrected chi connectivity index (χ2v) is 2.33. The van der Waals surface area contributed by atoms with Crippen molar-refractivity contribution in [1.29, 1.82) is 0 Å². The number of hydrogen-bond donors (Lipinski definition) is 1. The zero-order valence-corrected chi connectivity index (χ0v) is 13.2. The maximum atomic E-state index is 10.6. The smallest absolute Gasteiger partial charge is 0.307 e. The Morgan fingerprint density at radius 3 is 1.65 bits per heavy atom. The van der Waals surface area contributed by atoms with Crippen molar-refractivity contribution in [3.8, 4) is 0 Å². The molecule has 0 aromatic heterocycles. The van der Waals surface area contributed by atoms with E-state index < -0.39 is 5.97 Å². The second kappa shape index (κ2) is 49.7. The fourth-order valence-electron chi connectivity index (χ4n) is 0.551. The molecule has 12 heteroatoms. The van der Waals surface area contributed by atoms with Gasteiger partial charge in [-0.3, -0.25) is 14.3 Å². The molecule has 6 nitrogen and oxygen atoms in total. The molecule has 0 bridgehead atoms. The van der Waals surface area contributed by atoms with Gasteiger partial charge in [-0.25, -0.2) is 9.98 Å². The molecule has 0 saturated carbocycles. The van der Waals surface area contributed by atoms with Crippen LogP contribution in [0.1, 0.15) is 35.1 Å². The van der Waals surface area contributed by atoms with Gasteiger partial charge in [0, 0.05) is 51.0 Å². The molecule has 0 aliphatic rings. The summed E-state index contributed by atoms with van der Waals surface area (Å²) in [5.41, 5.74) is 0. The molecular weight excluding hydrogens is 408 g/mol. The second-order valence-electron chi connectivity index (χ2n) is 2.33. The molecule has 0 aliphatic carbocycles. The average molecular weight is 433 g/mol. The minimum Gasteiger partial charge on any atom is -0.481 e. The van der Waals surface area contributed by atoms with Gasteiger partial charge in [0.1, 0.15) is 0 Å². The van der Waals surface area contributed by atoms with Crippen molar-refractivity contribution < 1.29 is 75.1 Å². The summed E-state index contributed by atoms with van der Waals surface area (Å²) in [6.45, 7) is 0.403. The number of rotatable bonds is 6. The summed E-state index contributed by atoms with van der Waals surface area (Å²) in [6, 6.07) is 2.30. The molecule has 0 fully saturated rings. The van der Waals surface area contributed by atoms with Crippen LogP contribution in [0.15, 0.2) is 9.98 Å². The standard InChI is InChI=1S/C8H12N2O4.3CH4.2F2.FH.Y/c1-14-8(13)3-5-10-6-9-4-2-7(11)12;;;;2*1-2;;/h2-5H2,1H3,(H,11,12);3*1H4;;;1H;. The largest absolute Gasteiger partial charge is 0.481 e. The Hall–Kier alpha value is -0.926. The molecule has 0 saturated heterocycles. The molecule has 0 amide bonds. The molecule has 0 aliphatic heterocycles. The molecule has 0 aromatic rings. The first-order valence-electron chi connectivity index (χ1n) is 4.32. The molecule has 0 atom stereocenters. The molecule has 0 aromatic carbocycles. The summed E-state index contributed by atoms with van der Waals surface area (Å²) in [5.74, 6) is -1.26. The van der Waals surface area contributed by atoms with Crippen LogP contribution in [-0.2, 0) is 47.0 Å². The van der Waals surface area contributed by atoms with E-state index in [1.54, 1.807) is 0 Å². The van der Waals surface area contributed by atoms with Crippen molar-refractivity contribution in [3.05, 3.63) is 0 Å². The Balaban J connectivity index is -0.0000000385. The SMILES string of the molecule is C.C.C.COC(=O)CCN=C=NCCC(=O)O.F.FF.FF.[Y]. The van der Waals surface area contributed by atoms with Crippen LogP contribution in [0, 0.1) is 0 Å². The summed E-state index contributed by atoms with van der Waals surface area (Å²) in [7, 11) is 1.30. The van der Waals surface area contributed by atoms with E-state index in [0.29, 0.717) is 0 Å². The number of methoxy groups -OCH3 is 1. The third-order valence-corrected chi connectivity index (χ3v) is 1.23. The van der Waals surface area contributed by atoms with Crippen molar-refractivity contribution in [2.24, 2.45) is 9.98 Å². The van der Waals surface area contributed by atoms with Gasteiger partial charge >= 0.3 is 11.9 Å². The topological polar surface area (TPSA) is 88.3 Å². The molecular formula is C11H25F5N2O4Y. The van der Waals surface area contributed by atoms with Crippen molar-refractivity contribution in [1.82, 2.24) is 0 Å². The molecule has 0 heterocycles. The summed E-state index contributed by atoms with van der Waals surface area (Å²) in [6.07, 6.45) is 0.136. The zero-order valence-electron chi connectivity index (χ0n) is 10.4. The monoisotopic (exact) mass is 433 g/mol. The Bertz CT molecular complexity index is 281. The van der Waals surface area contributed by atoms with E-state index in [2.05, 4.69) is 20.7 Å². The summed E-state index contributed by atoms with van der Waals surface area (Å²) < 4.78 is 36.4. The molecule has 0 rings (SSSR count). The number of ether oxygens (including phenoxy) is 1. The van der Waals surface area contributed by atoms with Crippen molar-refractivity contribution in [3.63, 3.8) is 0 Å². The summed E-state index contributed by atoms with van der Waals surface area (Å²) in [5, 5.41) is 8.24. The number of halogens is 5. The van der Waals surface area contributed by atoms with E-state index in [9.17, 15) is 9.59 Å². The van der Waals surface area contributed by atoms with Crippen LogP contribution in [0.3, 0.4) is 0 Å². The Morgan fingerprint density at radius 2 is 1.35 bits per heavy atom. The third-order valence-electron chi connectivity index (χ3n) is 1.23. The average Bonchev–Trinajstić information content (AvgIpc) is 2.41. The van der Waals surface area contributed by atoms with E-state index in [4.69, 9.17) is 23.4 Å². The first kappa shape index (κ1) is 49.5. The number of aliphatic imine (C=N–C) groups is 2. The summed E-state index contributed by atoms with van der Waals surface area (Å²) in [4.78, 5) is 27.8. The van der Waals surface area contributed by atoms with Gasteiger partial charge < -0.3 is 9.84 Å². The van der Waals surface area contributed by atoms with Crippen molar-refractivity contribution in [2.75, 3.05) is 20.2 Å². The molecule has 1 N–H and O–H groups in total. The Morgan fingerprint density at radius 1 is 1.00 bits per heavy atom. The fourth-order valence-corrected chi connectivity index (χ4v) is 0.551. The minimum absolute atomic E-state index is 0. The Kier molecular flexibility index (Phi) is 107. The number of carbonyl (C=O) groups excluding carboxylic acids is 1. The van der Waals surface area contributed by atoms with Crippen LogP contribution in [0.5, 0.6) is 0 Å². The number of aliphatic carboxylic acids is 1. The maximum Gasteiger partial charge on any atom is 0.307 e. The van der Waals surface area contributed by atoms with Gasteiger partial charge in [0.25, 0.3) is 0 Å². The predicted octanol–water partition coefficient (Wildman–Crippen LogP) is 3.94. The van der Waals surface area contributed by atoms with E-state index in [-0.39, 0.29) is 91.6 Å². The minimum atomic E-state index is -0.912. The molecule has 141 valence electrons. The number of hydrogen-bond acceptors (Lipinski definition) is 5. The fraction of sp³-hybridized carbons (Fsp3) is 0.727. The Labute approximate surface area is 158 Å². The first-order valence-corrected chi connectivity index (χ1v) is 4.32. The predicted molar refractivity (Wildman–Crippen MR) is 75.6 cm³/mol. The third kappa shape index (κ3) is 62.5. The summed E-state index contributed by atoms with van der Waals surface area (Å²) >= 11 is 0. The van der Waals surface area contributed by atoms with Crippen LogP contribution in [0.25, 0.3) is 0 Å². The zero-order chi connectivity index (χ0) is 14.8.